The topological polar surface area (TPSA) is 76.1 Å². The van der Waals surface area contributed by atoms with Gasteiger partial charge >= 0.3 is 6.03 Å². The van der Waals surface area contributed by atoms with E-state index >= 15 is 0 Å². The van der Waals surface area contributed by atoms with Gasteiger partial charge in [-0.3, -0.25) is 5.32 Å². The number of benzene rings is 1. The Labute approximate surface area is 122 Å². The lowest BCUT2D eigenvalue weighted by atomic mass is 9.78. The molecule has 3 rings (SSSR count). The Kier molecular flexibility index (Phi) is 3.68. The highest BCUT2D eigenvalue weighted by Gasteiger charge is 2.25. The van der Waals surface area contributed by atoms with Crippen LogP contribution in [0.1, 0.15) is 17.0 Å². The summed E-state index contributed by atoms with van der Waals surface area (Å²) in [6.07, 6.45) is 2.36. The molecule has 2 amide bonds. The average Bonchev–Trinajstić information content (AvgIpc) is 2.48. The fourth-order valence-corrected chi connectivity index (χ4v) is 2.44. The summed E-state index contributed by atoms with van der Waals surface area (Å²) >= 11 is 0. The molecule has 0 saturated carbocycles. The van der Waals surface area contributed by atoms with Crippen molar-refractivity contribution < 1.29 is 9.53 Å². The van der Waals surface area contributed by atoms with E-state index in [-0.39, 0.29) is 6.03 Å². The predicted molar refractivity (Wildman–Crippen MR) is 78.5 cm³/mol. The number of amides is 2. The normalized spacial score (nSPS) is 15.6. The highest BCUT2D eigenvalue weighted by molar-refractivity contribution is 5.88. The van der Waals surface area contributed by atoms with Crippen molar-refractivity contribution in [1.82, 2.24) is 15.3 Å². The van der Waals surface area contributed by atoms with E-state index < -0.39 is 0 Å². The molecule has 0 radical (unpaired) electrons. The van der Waals surface area contributed by atoms with Crippen LogP contribution in [-0.2, 0) is 6.42 Å². The number of fused-ring (bicyclic) bond motifs is 1. The zero-order valence-electron chi connectivity index (χ0n) is 11.7. The SMILES string of the molecule is COc1cc(NC(=O)NCC2Cc3ccccc32)ncn1. The molecule has 1 heterocycles. The molecule has 6 heteroatoms. The molecule has 21 heavy (non-hydrogen) atoms. The lowest BCUT2D eigenvalue weighted by Gasteiger charge is -2.30. The van der Waals surface area contributed by atoms with Gasteiger partial charge in [-0.25, -0.2) is 14.8 Å². The Morgan fingerprint density at radius 3 is 3.05 bits per heavy atom. The number of nitrogens with zero attached hydrogens (tertiary/aromatic N) is 2. The molecule has 108 valence electrons. The quantitative estimate of drug-likeness (QED) is 0.899. The van der Waals surface area contributed by atoms with Gasteiger partial charge in [0.2, 0.25) is 5.88 Å². The maximum atomic E-state index is 11.8. The van der Waals surface area contributed by atoms with E-state index in [4.69, 9.17) is 4.74 Å². The van der Waals surface area contributed by atoms with Crippen molar-refractivity contribution in [2.45, 2.75) is 12.3 Å². The third-order valence-corrected chi connectivity index (χ3v) is 3.56. The van der Waals surface area contributed by atoms with Crippen molar-refractivity contribution in [3.05, 3.63) is 47.8 Å². The Balaban J connectivity index is 1.51. The molecule has 1 aromatic carbocycles. The number of hydrogen-bond donors (Lipinski definition) is 2. The second-order valence-corrected chi connectivity index (χ2v) is 4.88. The van der Waals surface area contributed by atoms with Gasteiger partial charge in [0.1, 0.15) is 12.1 Å². The average molecular weight is 284 g/mol. The number of anilines is 1. The number of nitrogens with one attached hydrogen (secondary N) is 2. The summed E-state index contributed by atoms with van der Waals surface area (Å²) in [5, 5.41) is 5.52. The molecular formula is C15H16N4O2. The van der Waals surface area contributed by atoms with E-state index in [1.807, 2.05) is 12.1 Å². The van der Waals surface area contributed by atoms with E-state index in [0.29, 0.717) is 24.2 Å². The van der Waals surface area contributed by atoms with Gasteiger partial charge in [-0.05, 0) is 17.5 Å². The molecule has 1 atom stereocenters. The van der Waals surface area contributed by atoms with Crippen molar-refractivity contribution in [2.75, 3.05) is 19.0 Å². The van der Waals surface area contributed by atoms with Crippen LogP contribution in [0.5, 0.6) is 5.88 Å². The van der Waals surface area contributed by atoms with Crippen LogP contribution < -0.4 is 15.4 Å². The second kappa shape index (κ2) is 5.78. The summed E-state index contributed by atoms with van der Waals surface area (Å²) in [6.45, 7) is 0.616. The first-order valence-electron chi connectivity index (χ1n) is 6.75. The third kappa shape index (κ3) is 2.94. The van der Waals surface area contributed by atoms with E-state index in [1.165, 1.54) is 24.6 Å². The van der Waals surface area contributed by atoms with Crippen LogP contribution in [-0.4, -0.2) is 29.7 Å². The Hall–Kier alpha value is -2.63. The van der Waals surface area contributed by atoms with Gasteiger partial charge in [-0.1, -0.05) is 24.3 Å². The molecule has 0 fully saturated rings. The third-order valence-electron chi connectivity index (χ3n) is 3.56. The van der Waals surface area contributed by atoms with Crippen LogP contribution in [0.2, 0.25) is 0 Å². The summed E-state index contributed by atoms with van der Waals surface area (Å²) in [7, 11) is 1.51. The van der Waals surface area contributed by atoms with E-state index in [9.17, 15) is 4.79 Å². The number of methoxy groups -OCH3 is 1. The Morgan fingerprint density at radius 1 is 1.38 bits per heavy atom. The van der Waals surface area contributed by atoms with Gasteiger partial charge in [0.05, 0.1) is 7.11 Å². The number of aromatic nitrogens is 2. The fraction of sp³-hybridized carbons (Fsp3) is 0.267. The highest BCUT2D eigenvalue weighted by atomic mass is 16.5. The van der Waals surface area contributed by atoms with Crippen molar-refractivity contribution >= 4 is 11.8 Å². The number of carbonyl (C=O) groups excluding carboxylic acids is 1. The molecule has 0 spiro atoms. The number of carbonyl (C=O) groups is 1. The lowest BCUT2D eigenvalue weighted by Crippen LogP contribution is -2.36. The van der Waals surface area contributed by atoms with Crippen LogP contribution in [0.4, 0.5) is 10.6 Å². The fourth-order valence-electron chi connectivity index (χ4n) is 2.44. The molecular weight excluding hydrogens is 268 g/mol. The molecule has 0 saturated heterocycles. The largest absolute Gasteiger partial charge is 0.481 e. The van der Waals surface area contributed by atoms with Crippen LogP contribution >= 0.6 is 0 Å². The van der Waals surface area contributed by atoms with Gasteiger partial charge in [0.25, 0.3) is 0 Å². The van der Waals surface area contributed by atoms with Gasteiger partial charge in [0, 0.05) is 18.5 Å². The van der Waals surface area contributed by atoms with Crippen LogP contribution in [0, 0.1) is 0 Å². The lowest BCUT2D eigenvalue weighted by molar-refractivity contribution is 0.251. The van der Waals surface area contributed by atoms with Crippen molar-refractivity contribution in [1.29, 1.82) is 0 Å². The van der Waals surface area contributed by atoms with Crippen molar-refractivity contribution in [2.24, 2.45) is 0 Å². The van der Waals surface area contributed by atoms with Gasteiger partial charge < -0.3 is 10.1 Å². The molecule has 1 aromatic heterocycles. The smallest absolute Gasteiger partial charge is 0.320 e. The summed E-state index contributed by atoms with van der Waals surface area (Å²) in [6, 6.07) is 9.59. The van der Waals surface area contributed by atoms with Crippen molar-refractivity contribution in [3.63, 3.8) is 0 Å². The highest BCUT2D eigenvalue weighted by Crippen LogP contribution is 2.33. The summed E-state index contributed by atoms with van der Waals surface area (Å²) in [4.78, 5) is 19.7. The predicted octanol–water partition coefficient (Wildman–Crippen LogP) is 1.95. The molecule has 0 aliphatic heterocycles. The van der Waals surface area contributed by atoms with Crippen LogP contribution in [0.15, 0.2) is 36.7 Å². The van der Waals surface area contributed by atoms with E-state index in [1.54, 1.807) is 6.07 Å². The summed E-state index contributed by atoms with van der Waals surface area (Å²) in [5.41, 5.74) is 2.69. The first-order valence-corrected chi connectivity index (χ1v) is 6.75. The minimum atomic E-state index is -0.278. The number of hydrogen-bond acceptors (Lipinski definition) is 4. The molecule has 1 aliphatic rings. The second-order valence-electron chi connectivity index (χ2n) is 4.88. The molecule has 1 unspecified atom stereocenters. The number of rotatable bonds is 4. The minimum Gasteiger partial charge on any atom is -0.481 e. The molecule has 0 bridgehead atoms. The molecule has 1 aliphatic carbocycles. The van der Waals surface area contributed by atoms with Crippen molar-refractivity contribution in [3.8, 4) is 5.88 Å². The molecule has 2 aromatic rings. The summed E-state index contributed by atoms with van der Waals surface area (Å²) in [5.74, 6) is 1.22. The Bertz CT molecular complexity index is 660. The monoisotopic (exact) mass is 284 g/mol. The number of urea groups is 1. The molecule has 6 nitrogen and oxygen atoms in total. The summed E-state index contributed by atoms with van der Waals surface area (Å²) < 4.78 is 4.98. The van der Waals surface area contributed by atoms with Gasteiger partial charge in [0.15, 0.2) is 0 Å². The standard InChI is InChI=1S/C15H16N4O2/c1-21-14-7-13(17-9-18-14)19-15(20)16-8-11-6-10-4-2-3-5-12(10)11/h2-5,7,9,11H,6,8H2,1H3,(H2,16,17,18,19,20). The maximum Gasteiger partial charge on any atom is 0.320 e. The maximum absolute atomic E-state index is 11.8. The zero-order chi connectivity index (χ0) is 14.7. The van der Waals surface area contributed by atoms with Crippen LogP contribution in [0.25, 0.3) is 0 Å². The van der Waals surface area contributed by atoms with E-state index in [2.05, 4.69) is 32.7 Å². The first kappa shape index (κ1) is 13.4. The van der Waals surface area contributed by atoms with Gasteiger partial charge in [-0.2, -0.15) is 0 Å². The Morgan fingerprint density at radius 2 is 2.24 bits per heavy atom. The van der Waals surface area contributed by atoms with Crippen LogP contribution in [0.3, 0.4) is 0 Å². The zero-order valence-corrected chi connectivity index (χ0v) is 11.7. The molecule has 2 N–H and O–H groups in total. The van der Waals surface area contributed by atoms with Gasteiger partial charge in [-0.15, -0.1) is 0 Å². The van der Waals surface area contributed by atoms with E-state index in [0.717, 1.165) is 6.42 Å². The number of ether oxygens (including phenoxy) is 1. The minimum absolute atomic E-state index is 0.278. The first-order chi connectivity index (χ1) is 10.3.